The third kappa shape index (κ3) is 5.79. The van der Waals surface area contributed by atoms with Crippen molar-refractivity contribution in [2.45, 2.75) is 19.8 Å². The van der Waals surface area contributed by atoms with Gasteiger partial charge in [0, 0.05) is 0 Å². The summed E-state index contributed by atoms with van der Waals surface area (Å²) in [5.41, 5.74) is 1.88. The normalized spacial score (nSPS) is 10.5. The van der Waals surface area contributed by atoms with Crippen molar-refractivity contribution in [1.29, 1.82) is 0 Å². The molecule has 2 aromatic carbocycles. The van der Waals surface area contributed by atoms with Gasteiger partial charge in [0.1, 0.15) is 18.7 Å². The van der Waals surface area contributed by atoms with Gasteiger partial charge in [-0.3, -0.25) is 4.84 Å². The summed E-state index contributed by atoms with van der Waals surface area (Å²) in [6, 6.07) is 16.8. The molecule has 1 aromatic heterocycles. The molecule has 0 aliphatic heterocycles. The maximum Gasteiger partial charge on any atom is 0.431 e. The molecule has 9 nitrogen and oxygen atoms in total. The lowest BCUT2D eigenvalue weighted by atomic mass is 10.1. The van der Waals surface area contributed by atoms with Crippen molar-refractivity contribution in [1.82, 2.24) is 25.3 Å². The highest BCUT2D eigenvalue weighted by Crippen LogP contribution is 2.14. The number of hydroxylamine groups is 2. The van der Waals surface area contributed by atoms with Crippen LogP contribution in [0.4, 0.5) is 4.79 Å². The number of hydrogen-bond donors (Lipinski definition) is 1. The largest absolute Gasteiger partial charge is 0.471 e. The molecule has 0 aliphatic rings. The van der Waals surface area contributed by atoms with Gasteiger partial charge in [-0.15, -0.1) is 5.10 Å². The smallest absolute Gasteiger partial charge is 0.431 e. The molecule has 9 heteroatoms. The molecule has 1 amide bonds. The molecule has 0 spiro atoms. The Kier molecular flexibility index (Phi) is 6.31. The second-order valence-corrected chi connectivity index (χ2v) is 5.66. The summed E-state index contributed by atoms with van der Waals surface area (Å²) in [4.78, 5) is 16.8. The SMILES string of the molecule is O=C(O)N(CCc1ccc(OCn2cnnn2)cc1)OCc1ccccc1. The van der Waals surface area contributed by atoms with Gasteiger partial charge in [-0.2, -0.15) is 9.75 Å². The van der Waals surface area contributed by atoms with E-state index in [4.69, 9.17) is 9.57 Å². The number of aromatic nitrogens is 4. The van der Waals surface area contributed by atoms with Gasteiger partial charge >= 0.3 is 6.09 Å². The minimum Gasteiger partial charge on any atom is -0.471 e. The molecule has 0 atom stereocenters. The second kappa shape index (κ2) is 9.30. The Balaban J connectivity index is 1.47. The molecular weight excluding hydrogens is 350 g/mol. The van der Waals surface area contributed by atoms with Crippen molar-refractivity contribution in [3.63, 3.8) is 0 Å². The van der Waals surface area contributed by atoms with Gasteiger partial charge in [0.2, 0.25) is 0 Å². The molecule has 27 heavy (non-hydrogen) atoms. The van der Waals surface area contributed by atoms with E-state index in [1.54, 1.807) is 0 Å². The minimum absolute atomic E-state index is 0.205. The Morgan fingerprint density at radius 1 is 1.07 bits per heavy atom. The highest BCUT2D eigenvalue weighted by molar-refractivity contribution is 5.63. The van der Waals surface area contributed by atoms with Crippen molar-refractivity contribution in [2.24, 2.45) is 0 Å². The number of amides is 1. The lowest BCUT2D eigenvalue weighted by Crippen LogP contribution is -2.31. The van der Waals surface area contributed by atoms with Gasteiger partial charge in [0.05, 0.1) is 6.54 Å². The standard InChI is InChI=1S/C18H19N5O4/c24-18(25)23(27-12-16-4-2-1-3-5-16)11-10-15-6-8-17(9-7-15)26-14-22-13-19-20-21-22/h1-9,13H,10-12,14H2,(H,24,25). The molecular formula is C18H19N5O4. The number of benzene rings is 2. The lowest BCUT2D eigenvalue weighted by Gasteiger charge is -2.18. The van der Waals surface area contributed by atoms with Crippen molar-refractivity contribution < 1.29 is 19.5 Å². The molecule has 0 fully saturated rings. The van der Waals surface area contributed by atoms with Crippen LogP contribution >= 0.6 is 0 Å². The number of rotatable bonds is 9. The number of carboxylic acid groups (broad SMARTS) is 1. The molecule has 1 heterocycles. The summed E-state index contributed by atoms with van der Waals surface area (Å²) in [6.07, 6.45) is 0.867. The maximum absolute atomic E-state index is 11.4. The van der Waals surface area contributed by atoms with Crippen LogP contribution in [0.15, 0.2) is 60.9 Å². The molecule has 3 rings (SSSR count). The lowest BCUT2D eigenvalue weighted by molar-refractivity contribution is -0.140. The zero-order valence-corrected chi connectivity index (χ0v) is 14.5. The Hall–Kier alpha value is -3.46. The number of carbonyl (C=O) groups is 1. The van der Waals surface area contributed by atoms with Crippen LogP contribution in [0.5, 0.6) is 5.75 Å². The topological polar surface area (TPSA) is 103 Å². The predicted molar refractivity (Wildman–Crippen MR) is 94.6 cm³/mol. The second-order valence-electron chi connectivity index (χ2n) is 5.66. The van der Waals surface area contributed by atoms with E-state index < -0.39 is 6.09 Å². The molecule has 3 aromatic rings. The highest BCUT2D eigenvalue weighted by atomic mass is 16.7. The Bertz CT molecular complexity index is 825. The van der Waals surface area contributed by atoms with E-state index in [0.29, 0.717) is 12.2 Å². The first-order valence-corrected chi connectivity index (χ1v) is 8.30. The van der Waals surface area contributed by atoms with E-state index in [0.717, 1.165) is 16.2 Å². The first-order chi connectivity index (χ1) is 13.2. The van der Waals surface area contributed by atoms with Gasteiger partial charge in [-0.05, 0) is 40.1 Å². The van der Waals surface area contributed by atoms with Gasteiger partial charge < -0.3 is 9.84 Å². The summed E-state index contributed by atoms with van der Waals surface area (Å²) in [7, 11) is 0. The highest BCUT2D eigenvalue weighted by Gasteiger charge is 2.13. The molecule has 0 radical (unpaired) electrons. The van der Waals surface area contributed by atoms with E-state index >= 15 is 0 Å². The molecule has 0 bridgehead atoms. The van der Waals surface area contributed by atoms with Crippen molar-refractivity contribution in [2.75, 3.05) is 6.54 Å². The summed E-state index contributed by atoms with van der Waals surface area (Å²) < 4.78 is 7.01. The number of hydrogen-bond acceptors (Lipinski definition) is 6. The molecule has 140 valence electrons. The van der Waals surface area contributed by atoms with E-state index in [1.165, 1.54) is 11.0 Å². The fourth-order valence-corrected chi connectivity index (χ4v) is 2.31. The average Bonchev–Trinajstić information content (AvgIpc) is 3.21. The number of nitrogens with zero attached hydrogens (tertiary/aromatic N) is 5. The number of ether oxygens (including phenoxy) is 1. The molecule has 0 aliphatic carbocycles. The van der Waals surface area contributed by atoms with E-state index in [1.807, 2.05) is 54.6 Å². The monoisotopic (exact) mass is 369 g/mol. The minimum atomic E-state index is -1.12. The maximum atomic E-state index is 11.4. The van der Waals surface area contributed by atoms with Crippen LogP contribution in [-0.2, 0) is 24.6 Å². The van der Waals surface area contributed by atoms with Crippen LogP contribution in [0.3, 0.4) is 0 Å². The van der Waals surface area contributed by atoms with Crippen LogP contribution < -0.4 is 4.74 Å². The summed E-state index contributed by atoms with van der Waals surface area (Å²) >= 11 is 0. The molecule has 1 N–H and O–H groups in total. The Labute approximate surface area is 155 Å². The summed E-state index contributed by atoms with van der Waals surface area (Å²) in [5.74, 6) is 0.671. The molecule has 0 saturated heterocycles. The first-order valence-electron chi connectivity index (χ1n) is 8.30. The van der Waals surface area contributed by atoms with E-state index in [2.05, 4.69) is 15.5 Å². The van der Waals surface area contributed by atoms with Crippen LogP contribution in [0.1, 0.15) is 11.1 Å². The third-order valence-corrected chi connectivity index (χ3v) is 3.73. The molecule has 0 unspecified atom stereocenters. The van der Waals surface area contributed by atoms with Gasteiger partial charge in [0.25, 0.3) is 0 Å². The Morgan fingerprint density at radius 2 is 1.85 bits per heavy atom. The zero-order valence-electron chi connectivity index (χ0n) is 14.5. The van der Waals surface area contributed by atoms with Crippen LogP contribution in [0, 0.1) is 0 Å². The Morgan fingerprint density at radius 3 is 2.52 bits per heavy atom. The van der Waals surface area contributed by atoms with Crippen molar-refractivity contribution in [3.05, 3.63) is 72.1 Å². The van der Waals surface area contributed by atoms with Gasteiger partial charge in [-0.25, -0.2) is 4.79 Å². The van der Waals surface area contributed by atoms with Crippen LogP contribution in [0.2, 0.25) is 0 Å². The first kappa shape index (κ1) is 18.3. The summed E-state index contributed by atoms with van der Waals surface area (Å²) in [5, 5.41) is 21.0. The van der Waals surface area contributed by atoms with Gasteiger partial charge in [0.15, 0.2) is 6.73 Å². The number of tetrazole rings is 1. The van der Waals surface area contributed by atoms with Crippen molar-refractivity contribution in [3.8, 4) is 5.75 Å². The fourth-order valence-electron chi connectivity index (χ4n) is 2.31. The molecule has 0 saturated carbocycles. The average molecular weight is 369 g/mol. The third-order valence-electron chi connectivity index (χ3n) is 3.73. The zero-order chi connectivity index (χ0) is 18.9. The quantitative estimate of drug-likeness (QED) is 0.578. The van der Waals surface area contributed by atoms with Crippen molar-refractivity contribution >= 4 is 6.09 Å². The van der Waals surface area contributed by atoms with Gasteiger partial charge in [-0.1, -0.05) is 42.5 Å². The predicted octanol–water partition coefficient (Wildman–Crippen LogP) is 2.36. The summed E-state index contributed by atoms with van der Waals surface area (Å²) in [6.45, 7) is 0.649. The van der Waals surface area contributed by atoms with E-state index in [-0.39, 0.29) is 19.9 Å². The van der Waals surface area contributed by atoms with Crippen LogP contribution in [0.25, 0.3) is 0 Å². The fraction of sp³-hybridized carbons (Fsp3) is 0.222. The van der Waals surface area contributed by atoms with Crippen LogP contribution in [-0.4, -0.2) is 43.0 Å². The van der Waals surface area contributed by atoms with E-state index in [9.17, 15) is 9.90 Å².